The molecule has 5 nitrogen and oxygen atoms in total. The molecule has 0 radical (unpaired) electrons. The Kier molecular flexibility index (Phi) is 6.54. The molecule has 1 unspecified atom stereocenters. The standard InChI is InChI=1S/C17H25N3O2.ClH/c1-22-15-7-5-14(6-8-15)19-10-12-20(13-11-19)17(21)16-4-2-3-9-18-16;/h5-8,16,18H,2-4,9-13H2,1H3;1H. The van der Waals surface area contributed by atoms with Crippen LogP contribution in [-0.4, -0.2) is 56.7 Å². The van der Waals surface area contributed by atoms with E-state index in [-0.39, 0.29) is 24.4 Å². The fourth-order valence-corrected chi connectivity index (χ4v) is 3.26. The van der Waals surface area contributed by atoms with Crippen LogP contribution in [-0.2, 0) is 4.79 Å². The molecule has 2 fully saturated rings. The summed E-state index contributed by atoms with van der Waals surface area (Å²) < 4.78 is 5.19. The molecule has 1 amide bonds. The fraction of sp³-hybridized carbons (Fsp3) is 0.588. The molecular formula is C17H26ClN3O2. The summed E-state index contributed by atoms with van der Waals surface area (Å²) in [5.41, 5.74) is 1.20. The van der Waals surface area contributed by atoms with Crippen molar-refractivity contribution in [1.82, 2.24) is 10.2 Å². The number of piperazine rings is 1. The number of hydrogen-bond acceptors (Lipinski definition) is 4. The van der Waals surface area contributed by atoms with E-state index in [1.54, 1.807) is 7.11 Å². The van der Waals surface area contributed by atoms with Gasteiger partial charge in [0.05, 0.1) is 13.2 Å². The number of hydrogen-bond donors (Lipinski definition) is 1. The molecule has 2 aliphatic heterocycles. The molecule has 6 heteroatoms. The van der Waals surface area contributed by atoms with E-state index in [1.165, 1.54) is 12.1 Å². The lowest BCUT2D eigenvalue weighted by Crippen LogP contribution is -2.55. The first-order valence-electron chi connectivity index (χ1n) is 8.19. The van der Waals surface area contributed by atoms with Crippen LogP contribution in [0.2, 0.25) is 0 Å². The Hall–Kier alpha value is -1.46. The maximum Gasteiger partial charge on any atom is 0.239 e. The molecule has 23 heavy (non-hydrogen) atoms. The lowest BCUT2D eigenvalue weighted by Gasteiger charge is -2.38. The first-order valence-corrected chi connectivity index (χ1v) is 8.19. The number of methoxy groups -OCH3 is 1. The zero-order valence-corrected chi connectivity index (χ0v) is 14.5. The van der Waals surface area contributed by atoms with E-state index < -0.39 is 0 Å². The molecule has 1 aromatic carbocycles. The third-order valence-corrected chi connectivity index (χ3v) is 4.64. The molecule has 1 atom stereocenters. The van der Waals surface area contributed by atoms with Gasteiger partial charge < -0.3 is 19.9 Å². The fourth-order valence-electron chi connectivity index (χ4n) is 3.26. The molecular weight excluding hydrogens is 314 g/mol. The van der Waals surface area contributed by atoms with Crippen molar-refractivity contribution < 1.29 is 9.53 Å². The Labute approximate surface area is 144 Å². The molecule has 2 aliphatic rings. The predicted octanol–water partition coefficient (Wildman–Crippen LogP) is 1.91. The van der Waals surface area contributed by atoms with Gasteiger partial charge in [-0.3, -0.25) is 4.79 Å². The first-order chi connectivity index (χ1) is 10.8. The van der Waals surface area contributed by atoms with E-state index in [1.807, 2.05) is 17.0 Å². The SMILES string of the molecule is COc1ccc(N2CCN(C(=O)C3CCCCN3)CC2)cc1.Cl. The van der Waals surface area contributed by atoms with Gasteiger partial charge in [0.1, 0.15) is 5.75 Å². The van der Waals surface area contributed by atoms with Gasteiger partial charge in [-0.15, -0.1) is 12.4 Å². The van der Waals surface area contributed by atoms with E-state index in [9.17, 15) is 4.79 Å². The van der Waals surface area contributed by atoms with Gasteiger partial charge in [0.2, 0.25) is 5.91 Å². The molecule has 2 heterocycles. The zero-order valence-electron chi connectivity index (χ0n) is 13.7. The average Bonchev–Trinajstić information content (AvgIpc) is 2.62. The minimum atomic E-state index is 0. The van der Waals surface area contributed by atoms with Crippen LogP contribution >= 0.6 is 12.4 Å². The molecule has 128 valence electrons. The van der Waals surface area contributed by atoms with Gasteiger partial charge in [-0.1, -0.05) is 6.42 Å². The van der Waals surface area contributed by atoms with Crippen LogP contribution in [0, 0.1) is 0 Å². The number of piperidine rings is 1. The van der Waals surface area contributed by atoms with Crippen LogP contribution in [0.5, 0.6) is 5.75 Å². The maximum absolute atomic E-state index is 12.5. The van der Waals surface area contributed by atoms with Crippen molar-refractivity contribution in [2.75, 3.05) is 44.7 Å². The summed E-state index contributed by atoms with van der Waals surface area (Å²) in [6.45, 7) is 4.38. The van der Waals surface area contributed by atoms with Crippen molar-refractivity contribution in [2.24, 2.45) is 0 Å². The Morgan fingerprint density at radius 2 is 1.83 bits per heavy atom. The van der Waals surface area contributed by atoms with Gasteiger partial charge in [-0.05, 0) is 43.7 Å². The summed E-state index contributed by atoms with van der Waals surface area (Å²) in [4.78, 5) is 16.9. The number of halogens is 1. The lowest BCUT2D eigenvalue weighted by molar-refractivity contribution is -0.134. The predicted molar refractivity (Wildman–Crippen MR) is 94.7 cm³/mol. The second-order valence-corrected chi connectivity index (χ2v) is 6.01. The van der Waals surface area contributed by atoms with Crippen molar-refractivity contribution in [3.05, 3.63) is 24.3 Å². The number of rotatable bonds is 3. The van der Waals surface area contributed by atoms with Crippen LogP contribution in [0.25, 0.3) is 0 Å². The Balaban J connectivity index is 0.00000192. The molecule has 0 aromatic heterocycles. The van der Waals surface area contributed by atoms with Gasteiger partial charge >= 0.3 is 0 Å². The topological polar surface area (TPSA) is 44.8 Å². The third kappa shape index (κ3) is 4.30. The van der Waals surface area contributed by atoms with E-state index in [0.29, 0.717) is 0 Å². The number of nitrogens with one attached hydrogen (secondary N) is 1. The third-order valence-electron chi connectivity index (χ3n) is 4.64. The largest absolute Gasteiger partial charge is 0.497 e. The molecule has 0 aliphatic carbocycles. The summed E-state index contributed by atoms with van der Waals surface area (Å²) in [7, 11) is 1.68. The summed E-state index contributed by atoms with van der Waals surface area (Å²) in [5, 5.41) is 3.35. The number of carbonyl (C=O) groups is 1. The van der Waals surface area contributed by atoms with Gasteiger partial charge in [-0.2, -0.15) is 0 Å². The molecule has 3 rings (SSSR count). The van der Waals surface area contributed by atoms with E-state index in [0.717, 1.165) is 51.3 Å². The zero-order chi connectivity index (χ0) is 15.4. The number of ether oxygens (including phenoxy) is 1. The van der Waals surface area contributed by atoms with Crippen LogP contribution < -0.4 is 15.0 Å². The van der Waals surface area contributed by atoms with Crippen molar-refractivity contribution in [3.8, 4) is 5.75 Å². The Bertz CT molecular complexity index is 495. The highest BCUT2D eigenvalue weighted by molar-refractivity contribution is 5.85. The molecule has 0 saturated carbocycles. The van der Waals surface area contributed by atoms with Crippen molar-refractivity contribution in [2.45, 2.75) is 25.3 Å². The number of amides is 1. The van der Waals surface area contributed by atoms with E-state index in [2.05, 4.69) is 22.3 Å². The van der Waals surface area contributed by atoms with Crippen molar-refractivity contribution in [1.29, 1.82) is 0 Å². The van der Waals surface area contributed by atoms with Gasteiger partial charge in [0.15, 0.2) is 0 Å². The quantitative estimate of drug-likeness (QED) is 0.913. The van der Waals surface area contributed by atoms with Crippen LogP contribution in [0.15, 0.2) is 24.3 Å². The number of anilines is 1. The average molecular weight is 340 g/mol. The smallest absolute Gasteiger partial charge is 0.239 e. The van der Waals surface area contributed by atoms with Crippen molar-refractivity contribution in [3.63, 3.8) is 0 Å². The van der Waals surface area contributed by atoms with E-state index >= 15 is 0 Å². The minimum Gasteiger partial charge on any atom is -0.497 e. The van der Waals surface area contributed by atoms with Crippen LogP contribution in [0.1, 0.15) is 19.3 Å². The summed E-state index contributed by atoms with van der Waals surface area (Å²) >= 11 is 0. The number of carbonyl (C=O) groups excluding carboxylic acids is 1. The molecule has 0 spiro atoms. The lowest BCUT2D eigenvalue weighted by atomic mass is 10.0. The van der Waals surface area contributed by atoms with Crippen LogP contribution in [0.3, 0.4) is 0 Å². The highest BCUT2D eigenvalue weighted by Crippen LogP contribution is 2.21. The normalized spacial score (nSPS) is 21.5. The Morgan fingerprint density at radius 3 is 2.39 bits per heavy atom. The van der Waals surface area contributed by atoms with Gasteiger partial charge in [0.25, 0.3) is 0 Å². The van der Waals surface area contributed by atoms with Gasteiger partial charge in [0, 0.05) is 31.9 Å². The molecule has 2 saturated heterocycles. The highest BCUT2D eigenvalue weighted by atomic mass is 35.5. The summed E-state index contributed by atoms with van der Waals surface area (Å²) in [6, 6.07) is 8.18. The van der Waals surface area contributed by atoms with E-state index in [4.69, 9.17) is 4.74 Å². The summed E-state index contributed by atoms with van der Waals surface area (Å²) in [6.07, 6.45) is 3.34. The molecule has 1 aromatic rings. The maximum atomic E-state index is 12.5. The minimum absolute atomic E-state index is 0. The highest BCUT2D eigenvalue weighted by Gasteiger charge is 2.28. The van der Waals surface area contributed by atoms with Gasteiger partial charge in [-0.25, -0.2) is 0 Å². The number of benzene rings is 1. The number of nitrogens with zero attached hydrogens (tertiary/aromatic N) is 2. The monoisotopic (exact) mass is 339 g/mol. The Morgan fingerprint density at radius 1 is 1.13 bits per heavy atom. The van der Waals surface area contributed by atoms with Crippen LogP contribution in [0.4, 0.5) is 5.69 Å². The van der Waals surface area contributed by atoms with Crippen molar-refractivity contribution >= 4 is 24.0 Å². The second-order valence-electron chi connectivity index (χ2n) is 6.01. The molecule has 1 N–H and O–H groups in total. The first kappa shape index (κ1) is 17.9. The molecule has 0 bridgehead atoms. The second kappa shape index (κ2) is 8.41. The summed E-state index contributed by atoms with van der Waals surface area (Å²) in [5.74, 6) is 1.16.